The number of amides is 1. The fourth-order valence-corrected chi connectivity index (χ4v) is 2.74. The van der Waals surface area contributed by atoms with Crippen molar-refractivity contribution >= 4 is 6.09 Å². The third kappa shape index (κ3) is 2.79. The molecule has 0 saturated heterocycles. The molecule has 0 unspecified atom stereocenters. The molecule has 3 nitrogen and oxygen atoms in total. The summed E-state index contributed by atoms with van der Waals surface area (Å²) in [4.78, 5) is 13.9. The molecule has 2 rings (SSSR count). The molecule has 1 aliphatic heterocycles. The smallest absolute Gasteiger partial charge is 0.410 e. The summed E-state index contributed by atoms with van der Waals surface area (Å²) in [6.45, 7) is 9.90. The van der Waals surface area contributed by atoms with Crippen molar-refractivity contribution < 1.29 is 13.9 Å². The van der Waals surface area contributed by atoms with Gasteiger partial charge in [-0.25, -0.2) is 9.18 Å². The summed E-state index contributed by atoms with van der Waals surface area (Å²) in [5.74, 6) is -0.179. The zero-order chi connectivity index (χ0) is 15.1. The highest BCUT2D eigenvalue weighted by Gasteiger charge is 2.32. The Balaban J connectivity index is 2.30. The molecule has 0 saturated carbocycles. The Morgan fingerprint density at radius 1 is 1.40 bits per heavy atom. The van der Waals surface area contributed by atoms with Gasteiger partial charge in [0.15, 0.2) is 0 Å². The number of hydrogen-bond donors (Lipinski definition) is 0. The fraction of sp³-hybridized carbons (Fsp3) is 0.562. The first kappa shape index (κ1) is 14.8. The molecule has 0 radical (unpaired) electrons. The molecule has 1 atom stereocenters. The lowest BCUT2D eigenvalue weighted by Crippen LogP contribution is -2.42. The van der Waals surface area contributed by atoms with Gasteiger partial charge in [-0.1, -0.05) is 6.07 Å². The Morgan fingerprint density at radius 2 is 2.05 bits per heavy atom. The van der Waals surface area contributed by atoms with Crippen molar-refractivity contribution in [2.45, 2.75) is 52.7 Å². The van der Waals surface area contributed by atoms with Gasteiger partial charge in [0.1, 0.15) is 11.4 Å². The van der Waals surface area contributed by atoms with E-state index in [1.54, 1.807) is 11.0 Å². The van der Waals surface area contributed by atoms with Crippen LogP contribution in [0.5, 0.6) is 0 Å². The Hall–Kier alpha value is -1.58. The van der Waals surface area contributed by atoms with Crippen LogP contribution in [0.3, 0.4) is 0 Å². The number of carbonyl (C=O) groups excluding carboxylic acids is 1. The largest absolute Gasteiger partial charge is 0.444 e. The molecular formula is C16H22FNO2. The Labute approximate surface area is 119 Å². The Bertz CT molecular complexity index is 534. The molecule has 0 bridgehead atoms. The van der Waals surface area contributed by atoms with Crippen LogP contribution in [0.1, 0.15) is 50.4 Å². The van der Waals surface area contributed by atoms with Crippen molar-refractivity contribution in [2.75, 3.05) is 6.54 Å². The van der Waals surface area contributed by atoms with E-state index < -0.39 is 5.60 Å². The van der Waals surface area contributed by atoms with Crippen LogP contribution in [0.2, 0.25) is 0 Å². The van der Waals surface area contributed by atoms with E-state index in [4.69, 9.17) is 4.74 Å². The van der Waals surface area contributed by atoms with E-state index in [0.29, 0.717) is 13.0 Å². The van der Waals surface area contributed by atoms with Crippen LogP contribution in [0.25, 0.3) is 0 Å². The van der Waals surface area contributed by atoms with E-state index in [9.17, 15) is 9.18 Å². The van der Waals surface area contributed by atoms with Crippen LogP contribution >= 0.6 is 0 Å². The van der Waals surface area contributed by atoms with Crippen molar-refractivity contribution in [2.24, 2.45) is 0 Å². The van der Waals surface area contributed by atoms with Crippen LogP contribution in [-0.2, 0) is 11.2 Å². The number of hydrogen-bond acceptors (Lipinski definition) is 2. The van der Waals surface area contributed by atoms with E-state index in [1.807, 2.05) is 34.6 Å². The van der Waals surface area contributed by atoms with E-state index in [1.165, 1.54) is 6.07 Å². The average molecular weight is 279 g/mol. The Kier molecular flexibility index (Phi) is 3.76. The molecular weight excluding hydrogens is 257 g/mol. The highest BCUT2D eigenvalue weighted by molar-refractivity contribution is 5.69. The van der Waals surface area contributed by atoms with Gasteiger partial charge in [-0.15, -0.1) is 0 Å². The van der Waals surface area contributed by atoms with Gasteiger partial charge in [0.05, 0.1) is 6.04 Å². The predicted molar refractivity (Wildman–Crippen MR) is 76.2 cm³/mol. The molecule has 1 aromatic carbocycles. The molecule has 1 heterocycles. The fourth-order valence-electron chi connectivity index (χ4n) is 2.74. The number of carbonyl (C=O) groups is 1. The molecule has 110 valence electrons. The average Bonchev–Trinajstić information content (AvgIpc) is 2.31. The second-order valence-corrected chi connectivity index (χ2v) is 6.36. The Morgan fingerprint density at radius 3 is 2.65 bits per heavy atom. The molecule has 1 aromatic rings. The zero-order valence-corrected chi connectivity index (χ0v) is 12.8. The van der Waals surface area contributed by atoms with Crippen molar-refractivity contribution in [3.05, 3.63) is 34.6 Å². The lowest BCUT2D eigenvalue weighted by Gasteiger charge is -2.37. The molecule has 1 amide bonds. The van der Waals surface area contributed by atoms with Gasteiger partial charge in [0.2, 0.25) is 0 Å². The summed E-state index contributed by atoms with van der Waals surface area (Å²) in [6.07, 6.45) is 0.200. The minimum absolute atomic E-state index is 0.163. The molecule has 20 heavy (non-hydrogen) atoms. The van der Waals surface area contributed by atoms with E-state index in [-0.39, 0.29) is 18.0 Å². The van der Waals surface area contributed by atoms with Gasteiger partial charge >= 0.3 is 6.09 Å². The van der Waals surface area contributed by atoms with Crippen LogP contribution in [0.4, 0.5) is 9.18 Å². The van der Waals surface area contributed by atoms with Crippen molar-refractivity contribution in [1.29, 1.82) is 0 Å². The van der Waals surface area contributed by atoms with E-state index >= 15 is 0 Å². The lowest BCUT2D eigenvalue weighted by molar-refractivity contribution is 0.0157. The lowest BCUT2D eigenvalue weighted by atomic mass is 9.89. The highest BCUT2D eigenvalue weighted by atomic mass is 19.1. The minimum Gasteiger partial charge on any atom is -0.444 e. The third-order valence-corrected chi connectivity index (χ3v) is 3.63. The van der Waals surface area contributed by atoms with Gasteiger partial charge < -0.3 is 9.64 Å². The molecule has 4 heteroatoms. The molecule has 0 N–H and O–H groups in total. The van der Waals surface area contributed by atoms with Crippen molar-refractivity contribution in [1.82, 2.24) is 4.90 Å². The molecule has 0 spiro atoms. The maximum atomic E-state index is 13.9. The predicted octanol–water partition coefficient (Wildman–Crippen LogP) is 3.99. The summed E-state index contributed by atoms with van der Waals surface area (Å²) in [6, 6.07) is 3.11. The monoisotopic (exact) mass is 279 g/mol. The normalized spacial score (nSPS) is 18.7. The summed E-state index contributed by atoms with van der Waals surface area (Å²) in [5.41, 5.74) is 2.15. The van der Waals surface area contributed by atoms with Gasteiger partial charge in [-0.3, -0.25) is 0 Å². The minimum atomic E-state index is -0.520. The van der Waals surface area contributed by atoms with Crippen molar-refractivity contribution in [3.63, 3.8) is 0 Å². The second-order valence-electron chi connectivity index (χ2n) is 6.36. The number of ether oxygens (including phenoxy) is 1. The van der Waals surface area contributed by atoms with Gasteiger partial charge in [-0.05, 0) is 63.8 Å². The van der Waals surface area contributed by atoms with Crippen LogP contribution < -0.4 is 0 Å². The second kappa shape index (κ2) is 5.08. The number of aryl methyl sites for hydroxylation is 1. The molecule has 0 fully saturated rings. The number of halogens is 1. The molecule has 0 aliphatic carbocycles. The summed E-state index contributed by atoms with van der Waals surface area (Å²) >= 11 is 0. The maximum Gasteiger partial charge on any atom is 0.410 e. The number of rotatable bonds is 0. The SMILES string of the molecule is Cc1ccc(F)c2c1[C@H](C)N(C(=O)OC(C)(C)C)CC2. The van der Waals surface area contributed by atoms with Gasteiger partial charge in [0.25, 0.3) is 0 Å². The van der Waals surface area contributed by atoms with Crippen LogP contribution in [0, 0.1) is 12.7 Å². The van der Waals surface area contributed by atoms with Gasteiger partial charge in [0, 0.05) is 6.54 Å². The number of benzene rings is 1. The standard InChI is InChI=1S/C16H22FNO2/c1-10-6-7-13(17)12-8-9-18(11(2)14(10)12)15(19)20-16(3,4)5/h6-7,11H,8-9H2,1-5H3/t11-/m0/s1. The topological polar surface area (TPSA) is 29.5 Å². The first-order chi connectivity index (χ1) is 9.20. The van der Waals surface area contributed by atoms with Gasteiger partial charge in [-0.2, -0.15) is 0 Å². The quantitative estimate of drug-likeness (QED) is 0.718. The van der Waals surface area contributed by atoms with E-state index in [0.717, 1.165) is 16.7 Å². The summed E-state index contributed by atoms with van der Waals surface area (Å²) < 4.78 is 19.3. The first-order valence-electron chi connectivity index (χ1n) is 6.98. The maximum absolute atomic E-state index is 13.9. The number of nitrogens with zero attached hydrogens (tertiary/aromatic N) is 1. The van der Waals surface area contributed by atoms with Crippen LogP contribution in [-0.4, -0.2) is 23.1 Å². The molecule has 0 aromatic heterocycles. The summed E-state index contributed by atoms with van der Waals surface area (Å²) in [7, 11) is 0. The van der Waals surface area contributed by atoms with Crippen LogP contribution in [0.15, 0.2) is 12.1 Å². The first-order valence-corrected chi connectivity index (χ1v) is 6.98. The van der Waals surface area contributed by atoms with Crippen molar-refractivity contribution in [3.8, 4) is 0 Å². The molecule has 1 aliphatic rings. The zero-order valence-electron chi connectivity index (χ0n) is 12.8. The summed E-state index contributed by atoms with van der Waals surface area (Å²) in [5, 5.41) is 0. The van der Waals surface area contributed by atoms with E-state index in [2.05, 4.69) is 0 Å². The third-order valence-electron chi connectivity index (χ3n) is 3.63. The number of fused-ring (bicyclic) bond motifs is 1. The highest BCUT2D eigenvalue weighted by Crippen LogP contribution is 2.34.